The second-order valence-corrected chi connectivity index (χ2v) is 8.16. The quantitative estimate of drug-likeness (QED) is 0.272. The maximum Gasteiger partial charge on any atom is 0.191 e. The van der Waals surface area contributed by atoms with Gasteiger partial charge < -0.3 is 29.7 Å². The highest BCUT2D eigenvalue weighted by atomic mass is 127. The van der Waals surface area contributed by atoms with Crippen LogP contribution in [-0.2, 0) is 4.74 Å². The first-order valence-electron chi connectivity index (χ1n) is 11.4. The Morgan fingerprint density at radius 1 is 1.16 bits per heavy atom. The van der Waals surface area contributed by atoms with Gasteiger partial charge in [-0.2, -0.15) is 0 Å². The second-order valence-electron chi connectivity index (χ2n) is 8.16. The first-order chi connectivity index (χ1) is 15.2. The first-order valence-corrected chi connectivity index (χ1v) is 11.4. The summed E-state index contributed by atoms with van der Waals surface area (Å²) in [5.41, 5.74) is 1.19. The number of morpholine rings is 1. The fourth-order valence-corrected chi connectivity index (χ4v) is 4.43. The van der Waals surface area contributed by atoms with E-state index in [-0.39, 0.29) is 30.0 Å². The van der Waals surface area contributed by atoms with Crippen LogP contribution in [0.1, 0.15) is 24.9 Å². The molecule has 0 saturated carbocycles. The van der Waals surface area contributed by atoms with E-state index >= 15 is 0 Å². The van der Waals surface area contributed by atoms with Gasteiger partial charge in [0.1, 0.15) is 0 Å². The van der Waals surface area contributed by atoms with Crippen LogP contribution >= 0.6 is 24.0 Å². The molecule has 2 aliphatic heterocycles. The zero-order chi connectivity index (χ0) is 22.1. The number of rotatable bonds is 9. The summed E-state index contributed by atoms with van der Waals surface area (Å²) in [6, 6.07) is 6.37. The molecule has 2 atom stereocenters. The maximum atomic E-state index is 5.58. The van der Waals surface area contributed by atoms with Crippen molar-refractivity contribution < 1.29 is 14.2 Å². The minimum atomic E-state index is 0. The lowest BCUT2D eigenvalue weighted by Crippen LogP contribution is -2.47. The molecule has 2 aliphatic rings. The van der Waals surface area contributed by atoms with Crippen LogP contribution in [0.5, 0.6) is 11.5 Å². The number of ether oxygens (including phenoxy) is 3. The average Bonchev–Trinajstić information content (AvgIpc) is 3.29. The maximum absolute atomic E-state index is 5.58. The summed E-state index contributed by atoms with van der Waals surface area (Å²) in [4.78, 5) is 9.42. The molecule has 0 spiro atoms. The number of aliphatic imine (C=N–C) groups is 1. The van der Waals surface area contributed by atoms with Crippen molar-refractivity contribution in [2.45, 2.75) is 19.4 Å². The van der Waals surface area contributed by atoms with Crippen LogP contribution in [-0.4, -0.2) is 96.1 Å². The van der Waals surface area contributed by atoms with Crippen LogP contribution in [0.4, 0.5) is 0 Å². The van der Waals surface area contributed by atoms with E-state index in [1.54, 1.807) is 14.2 Å². The van der Waals surface area contributed by atoms with E-state index in [0.29, 0.717) is 5.92 Å². The smallest absolute Gasteiger partial charge is 0.191 e. The zero-order valence-electron chi connectivity index (χ0n) is 19.9. The van der Waals surface area contributed by atoms with Gasteiger partial charge in [-0.05, 0) is 43.1 Å². The SMILES string of the molecule is CCN1CCC(CNC(=NC)NCC(c2ccc(OC)c(OC)c2)N2CCOCC2)C1.I. The van der Waals surface area contributed by atoms with Gasteiger partial charge in [0, 0.05) is 39.8 Å². The Bertz CT molecular complexity index is 715. The van der Waals surface area contributed by atoms with Gasteiger partial charge in [-0.1, -0.05) is 13.0 Å². The fraction of sp³-hybridized carbons (Fsp3) is 0.696. The van der Waals surface area contributed by atoms with E-state index in [1.165, 1.54) is 25.1 Å². The Morgan fingerprint density at radius 3 is 2.53 bits per heavy atom. The highest BCUT2D eigenvalue weighted by Gasteiger charge is 2.25. The van der Waals surface area contributed by atoms with Crippen molar-refractivity contribution in [2.24, 2.45) is 10.9 Å². The van der Waals surface area contributed by atoms with Crippen molar-refractivity contribution in [1.29, 1.82) is 0 Å². The minimum absolute atomic E-state index is 0. The molecule has 2 heterocycles. The summed E-state index contributed by atoms with van der Waals surface area (Å²) in [6.45, 7) is 10.8. The van der Waals surface area contributed by atoms with Gasteiger partial charge in [-0.3, -0.25) is 9.89 Å². The Hall–Kier alpha value is -1.30. The van der Waals surface area contributed by atoms with Crippen molar-refractivity contribution in [3.63, 3.8) is 0 Å². The number of halogens is 1. The zero-order valence-corrected chi connectivity index (χ0v) is 22.3. The van der Waals surface area contributed by atoms with Gasteiger partial charge in [0.05, 0.1) is 33.5 Å². The lowest BCUT2D eigenvalue weighted by molar-refractivity contribution is 0.0169. The van der Waals surface area contributed by atoms with Crippen molar-refractivity contribution in [3.8, 4) is 11.5 Å². The molecule has 8 nitrogen and oxygen atoms in total. The number of likely N-dealkylation sites (tertiary alicyclic amines) is 1. The van der Waals surface area contributed by atoms with E-state index < -0.39 is 0 Å². The second kappa shape index (κ2) is 14.1. The molecule has 1 aromatic rings. The molecule has 2 saturated heterocycles. The Balaban J connectivity index is 0.00000363. The third-order valence-corrected chi connectivity index (χ3v) is 6.34. The average molecular weight is 562 g/mol. The van der Waals surface area contributed by atoms with Crippen molar-refractivity contribution >= 4 is 29.9 Å². The number of hydrogen-bond donors (Lipinski definition) is 2. The molecule has 1 aromatic carbocycles. The molecule has 182 valence electrons. The van der Waals surface area contributed by atoms with Gasteiger partial charge in [0.15, 0.2) is 17.5 Å². The van der Waals surface area contributed by atoms with Crippen LogP contribution in [0.2, 0.25) is 0 Å². The van der Waals surface area contributed by atoms with Crippen LogP contribution < -0.4 is 20.1 Å². The third kappa shape index (κ3) is 7.36. The summed E-state index contributed by atoms with van der Waals surface area (Å²) in [7, 11) is 5.18. The topological polar surface area (TPSA) is 70.6 Å². The lowest BCUT2D eigenvalue weighted by atomic mass is 10.0. The number of hydrogen-bond acceptors (Lipinski definition) is 6. The minimum Gasteiger partial charge on any atom is -0.493 e. The molecule has 32 heavy (non-hydrogen) atoms. The Labute approximate surface area is 210 Å². The largest absolute Gasteiger partial charge is 0.493 e. The Morgan fingerprint density at radius 2 is 1.91 bits per heavy atom. The molecule has 2 unspecified atom stereocenters. The standard InChI is InChI=1S/C23H39N5O3.HI/c1-5-27-9-8-18(17-27)15-25-23(24-2)26-16-20(28-10-12-31-13-11-28)19-6-7-21(29-3)22(14-19)30-4;/h6-7,14,18,20H,5,8-13,15-17H2,1-4H3,(H2,24,25,26);1H. The third-order valence-electron chi connectivity index (χ3n) is 6.34. The number of benzene rings is 1. The highest BCUT2D eigenvalue weighted by Crippen LogP contribution is 2.32. The molecule has 2 fully saturated rings. The molecule has 0 radical (unpaired) electrons. The van der Waals surface area contributed by atoms with Gasteiger partial charge >= 0.3 is 0 Å². The molecule has 2 N–H and O–H groups in total. The van der Waals surface area contributed by atoms with Crippen molar-refractivity contribution in [3.05, 3.63) is 23.8 Å². The lowest BCUT2D eigenvalue weighted by Gasteiger charge is -2.35. The molecule has 0 bridgehead atoms. The van der Waals surface area contributed by atoms with Gasteiger partial charge in [0.25, 0.3) is 0 Å². The van der Waals surface area contributed by atoms with Gasteiger partial charge in [-0.15, -0.1) is 24.0 Å². The van der Waals surface area contributed by atoms with E-state index in [0.717, 1.165) is 63.4 Å². The van der Waals surface area contributed by atoms with Gasteiger partial charge in [-0.25, -0.2) is 0 Å². The van der Waals surface area contributed by atoms with E-state index in [4.69, 9.17) is 14.2 Å². The van der Waals surface area contributed by atoms with Crippen LogP contribution in [0, 0.1) is 5.92 Å². The monoisotopic (exact) mass is 561 g/mol. The fourth-order valence-electron chi connectivity index (χ4n) is 4.43. The number of guanidine groups is 1. The van der Waals surface area contributed by atoms with Crippen molar-refractivity contribution in [1.82, 2.24) is 20.4 Å². The predicted octanol–water partition coefficient (Wildman–Crippen LogP) is 2.20. The van der Waals surface area contributed by atoms with Crippen LogP contribution in [0.25, 0.3) is 0 Å². The molecule has 9 heteroatoms. The summed E-state index contributed by atoms with van der Waals surface area (Å²) in [5.74, 6) is 3.03. The molecule has 0 amide bonds. The Kier molecular flexibility index (Phi) is 11.8. The van der Waals surface area contributed by atoms with Crippen LogP contribution in [0.15, 0.2) is 23.2 Å². The summed E-state index contributed by atoms with van der Waals surface area (Å²) >= 11 is 0. The molecular weight excluding hydrogens is 521 g/mol. The van der Waals surface area contributed by atoms with E-state index in [2.05, 4.69) is 44.5 Å². The molecule has 0 aromatic heterocycles. The number of methoxy groups -OCH3 is 2. The summed E-state index contributed by atoms with van der Waals surface area (Å²) < 4.78 is 16.5. The summed E-state index contributed by atoms with van der Waals surface area (Å²) in [6.07, 6.45) is 1.25. The van der Waals surface area contributed by atoms with Crippen molar-refractivity contribution in [2.75, 3.05) is 80.3 Å². The number of nitrogens with one attached hydrogen (secondary N) is 2. The van der Waals surface area contributed by atoms with Crippen LogP contribution in [0.3, 0.4) is 0 Å². The van der Waals surface area contributed by atoms with Gasteiger partial charge in [0.2, 0.25) is 0 Å². The predicted molar refractivity (Wildman–Crippen MR) is 140 cm³/mol. The highest BCUT2D eigenvalue weighted by molar-refractivity contribution is 14.0. The van der Waals surface area contributed by atoms with E-state index in [9.17, 15) is 0 Å². The first kappa shape index (κ1) is 26.9. The molecule has 0 aliphatic carbocycles. The number of nitrogens with zero attached hydrogens (tertiary/aromatic N) is 3. The molecular formula is C23H40IN5O3. The van der Waals surface area contributed by atoms with E-state index in [1.807, 2.05) is 13.1 Å². The molecule has 3 rings (SSSR count). The summed E-state index contributed by atoms with van der Waals surface area (Å²) in [5, 5.41) is 7.08. The normalized spacial score (nSPS) is 21.0.